The van der Waals surface area contributed by atoms with Gasteiger partial charge in [0.25, 0.3) is 0 Å². The van der Waals surface area contributed by atoms with Crippen molar-refractivity contribution in [3.05, 3.63) is 0 Å². The maximum absolute atomic E-state index is 8.56. The molecular formula is C24H50O8. The first-order valence-corrected chi connectivity index (χ1v) is 12.5. The zero-order valence-electron chi connectivity index (χ0n) is 20.7. The van der Waals surface area contributed by atoms with E-state index in [2.05, 4.69) is 13.8 Å². The Hall–Kier alpha value is -0.320. The van der Waals surface area contributed by atoms with Gasteiger partial charge >= 0.3 is 0 Å². The molecule has 0 heterocycles. The van der Waals surface area contributed by atoms with Gasteiger partial charge in [0.1, 0.15) is 0 Å². The second-order valence-corrected chi connectivity index (χ2v) is 7.53. The zero-order chi connectivity index (χ0) is 23.4. The van der Waals surface area contributed by atoms with Gasteiger partial charge in [-0.25, -0.2) is 0 Å². The van der Waals surface area contributed by atoms with Crippen molar-refractivity contribution in [1.29, 1.82) is 0 Å². The highest BCUT2D eigenvalue weighted by atomic mass is 16.6. The molecule has 0 fully saturated rings. The summed E-state index contributed by atoms with van der Waals surface area (Å²) in [5.74, 6) is 0. The van der Waals surface area contributed by atoms with E-state index in [0.717, 1.165) is 12.8 Å². The molecular weight excluding hydrogens is 416 g/mol. The van der Waals surface area contributed by atoms with Gasteiger partial charge in [0.15, 0.2) is 0 Å². The predicted molar refractivity (Wildman–Crippen MR) is 125 cm³/mol. The molecule has 32 heavy (non-hydrogen) atoms. The Morgan fingerprint density at radius 2 is 0.844 bits per heavy atom. The van der Waals surface area contributed by atoms with E-state index >= 15 is 0 Å². The third kappa shape index (κ3) is 25.9. The molecule has 0 rings (SSSR count). The van der Waals surface area contributed by atoms with E-state index in [1.54, 1.807) is 0 Å². The number of aliphatic hydroxyl groups is 1. The number of unbranched alkanes of at least 4 members (excludes halogenated alkanes) is 3. The first kappa shape index (κ1) is 31.7. The smallest absolute Gasteiger partial charge is 0.0704 e. The van der Waals surface area contributed by atoms with E-state index in [-0.39, 0.29) is 6.61 Å². The Labute approximate surface area is 196 Å². The van der Waals surface area contributed by atoms with Gasteiger partial charge in [-0.1, -0.05) is 46.0 Å². The van der Waals surface area contributed by atoms with Gasteiger partial charge in [-0.3, -0.25) is 0 Å². The second kappa shape index (κ2) is 28.7. The highest BCUT2D eigenvalue weighted by Crippen LogP contribution is 2.13. The fourth-order valence-corrected chi connectivity index (χ4v) is 2.90. The fraction of sp³-hybridized carbons (Fsp3) is 1.00. The van der Waals surface area contributed by atoms with Crippen molar-refractivity contribution >= 4 is 0 Å². The van der Waals surface area contributed by atoms with Crippen molar-refractivity contribution in [3.8, 4) is 0 Å². The molecule has 1 unspecified atom stereocenters. The minimum Gasteiger partial charge on any atom is -0.394 e. The number of aliphatic hydroxyl groups excluding tert-OH is 1. The molecule has 0 aliphatic carbocycles. The number of hydrogen-bond acceptors (Lipinski definition) is 8. The summed E-state index contributed by atoms with van der Waals surface area (Å²) >= 11 is 0. The minimum absolute atomic E-state index is 0.0380. The molecule has 0 aromatic rings. The molecule has 0 saturated heterocycles. The average molecular weight is 467 g/mol. The van der Waals surface area contributed by atoms with Crippen molar-refractivity contribution in [2.24, 2.45) is 0 Å². The molecule has 0 aliphatic heterocycles. The SMILES string of the molecule is CCCCCC(CCCC)OCCOCCOCCOCCOCCOCCOCCO. The maximum atomic E-state index is 8.56. The van der Waals surface area contributed by atoms with Crippen LogP contribution in [-0.4, -0.2) is 104 Å². The first-order valence-electron chi connectivity index (χ1n) is 12.5. The van der Waals surface area contributed by atoms with Gasteiger partial charge < -0.3 is 38.3 Å². The number of ether oxygens (including phenoxy) is 7. The quantitative estimate of drug-likeness (QED) is 0.176. The van der Waals surface area contributed by atoms with Crippen LogP contribution in [-0.2, 0) is 33.2 Å². The van der Waals surface area contributed by atoms with Crippen molar-refractivity contribution in [2.75, 3.05) is 92.5 Å². The topological polar surface area (TPSA) is 84.8 Å². The van der Waals surface area contributed by atoms with Crippen molar-refractivity contribution in [1.82, 2.24) is 0 Å². The molecule has 1 atom stereocenters. The van der Waals surface area contributed by atoms with Gasteiger partial charge in [0.05, 0.1) is 98.6 Å². The predicted octanol–water partition coefficient (Wildman–Crippen LogP) is 3.23. The zero-order valence-corrected chi connectivity index (χ0v) is 20.7. The summed E-state index contributed by atoms with van der Waals surface area (Å²) in [4.78, 5) is 0. The summed E-state index contributed by atoms with van der Waals surface area (Å²) in [5, 5.41) is 8.56. The van der Waals surface area contributed by atoms with E-state index in [9.17, 15) is 0 Å². The molecule has 0 radical (unpaired) electrons. The Morgan fingerprint density at radius 3 is 1.25 bits per heavy atom. The molecule has 0 aliphatic rings. The molecule has 0 amide bonds. The summed E-state index contributed by atoms with van der Waals surface area (Å²) in [6, 6.07) is 0. The van der Waals surface area contributed by atoms with Gasteiger partial charge in [-0.2, -0.15) is 0 Å². The summed E-state index contributed by atoms with van der Waals surface area (Å²) in [6.07, 6.45) is 8.95. The van der Waals surface area contributed by atoms with Crippen LogP contribution in [0.2, 0.25) is 0 Å². The van der Waals surface area contributed by atoms with Gasteiger partial charge in [0.2, 0.25) is 0 Å². The molecule has 8 nitrogen and oxygen atoms in total. The fourth-order valence-electron chi connectivity index (χ4n) is 2.90. The van der Waals surface area contributed by atoms with Crippen LogP contribution in [0.5, 0.6) is 0 Å². The van der Waals surface area contributed by atoms with E-state index in [0.29, 0.717) is 92.0 Å². The maximum Gasteiger partial charge on any atom is 0.0704 e. The Bertz CT molecular complexity index is 333. The Morgan fingerprint density at radius 1 is 0.469 bits per heavy atom. The van der Waals surface area contributed by atoms with E-state index in [4.69, 9.17) is 38.3 Å². The highest BCUT2D eigenvalue weighted by Gasteiger charge is 2.08. The van der Waals surface area contributed by atoms with Crippen molar-refractivity contribution in [2.45, 2.75) is 64.9 Å². The molecule has 0 aromatic heterocycles. The van der Waals surface area contributed by atoms with Crippen molar-refractivity contribution in [3.63, 3.8) is 0 Å². The Balaban J connectivity index is 3.25. The lowest BCUT2D eigenvalue weighted by molar-refractivity contribution is -0.0298. The molecule has 0 spiro atoms. The lowest BCUT2D eigenvalue weighted by Gasteiger charge is -2.17. The molecule has 0 saturated carbocycles. The molecule has 1 N–H and O–H groups in total. The number of rotatable bonds is 28. The van der Waals surface area contributed by atoms with Gasteiger partial charge in [-0.15, -0.1) is 0 Å². The summed E-state index contributed by atoms with van der Waals surface area (Å²) < 4.78 is 38.4. The minimum atomic E-state index is 0.0380. The van der Waals surface area contributed by atoms with Crippen molar-refractivity contribution < 1.29 is 38.3 Å². The standard InChI is InChI=1S/C24H50O8/c1-3-5-7-9-24(8-6-4-2)32-23-22-31-21-20-30-19-18-29-17-16-28-15-14-27-13-12-26-11-10-25/h24-25H,3-23H2,1-2H3. The van der Waals surface area contributed by atoms with Crippen LogP contribution < -0.4 is 0 Å². The Kier molecular flexibility index (Phi) is 28.4. The largest absolute Gasteiger partial charge is 0.394 e. The second-order valence-electron chi connectivity index (χ2n) is 7.53. The normalized spacial score (nSPS) is 12.5. The monoisotopic (exact) mass is 466 g/mol. The first-order chi connectivity index (χ1) is 15.8. The third-order valence-corrected chi connectivity index (χ3v) is 4.69. The summed E-state index contributed by atoms with van der Waals surface area (Å²) in [6.45, 7) is 11.5. The van der Waals surface area contributed by atoms with E-state index < -0.39 is 0 Å². The van der Waals surface area contributed by atoms with Crippen LogP contribution in [0.1, 0.15) is 58.8 Å². The van der Waals surface area contributed by atoms with Crippen LogP contribution in [0.15, 0.2) is 0 Å². The van der Waals surface area contributed by atoms with Crippen LogP contribution in [0.25, 0.3) is 0 Å². The average Bonchev–Trinajstić information content (AvgIpc) is 2.81. The highest BCUT2D eigenvalue weighted by molar-refractivity contribution is 4.59. The summed E-state index contributed by atoms with van der Waals surface area (Å²) in [5.41, 5.74) is 0. The van der Waals surface area contributed by atoms with E-state index in [1.165, 1.54) is 32.1 Å². The lowest BCUT2D eigenvalue weighted by Crippen LogP contribution is -2.18. The van der Waals surface area contributed by atoms with Crippen LogP contribution in [0.4, 0.5) is 0 Å². The molecule has 0 aromatic carbocycles. The van der Waals surface area contributed by atoms with Crippen LogP contribution >= 0.6 is 0 Å². The molecule has 8 heteroatoms. The van der Waals surface area contributed by atoms with E-state index in [1.807, 2.05) is 0 Å². The summed E-state index contributed by atoms with van der Waals surface area (Å²) in [7, 11) is 0. The third-order valence-electron chi connectivity index (χ3n) is 4.69. The molecule has 194 valence electrons. The molecule has 0 bridgehead atoms. The lowest BCUT2D eigenvalue weighted by atomic mass is 10.1. The van der Waals surface area contributed by atoms with Crippen LogP contribution in [0.3, 0.4) is 0 Å². The van der Waals surface area contributed by atoms with Gasteiger partial charge in [-0.05, 0) is 12.8 Å². The van der Waals surface area contributed by atoms with Crippen LogP contribution in [0, 0.1) is 0 Å². The number of hydrogen-bond donors (Lipinski definition) is 1. The van der Waals surface area contributed by atoms with Gasteiger partial charge in [0, 0.05) is 0 Å².